The van der Waals surface area contributed by atoms with Crippen LogP contribution < -0.4 is 10.3 Å². The number of furan rings is 1. The number of fused-ring (bicyclic) bond motifs is 1. The van der Waals surface area contributed by atoms with Crippen LogP contribution in [0.25, 0.3) is 11.1 Å². The van der Waals surface area contributed by atoms with E-state index in [0.717, 1.165) is 25.1 Å². The van der Waals surface area contributed by atoms with E-state index in [4.69, 9.17) is 19.3 Å². The minimum absolute atomic E-state index is 0.0323. The zero-order chi connectivity index (χ0) is 26.4. The molecule has 37 heavy (non-hydrogen) atoms. The van der Waals surface area contributed by atoms with Crippen molar-refractivity contribution in [3.8, 4) is 0 Å². The Bertz CT molecular complexity index is 1320. The molecule has 1 atom stereocenters. The van der Waals surface area contributed by atoms with Crippen LogP contribution in [0.15, 0.2) is 40.1 Å². The highest BCUT2D eigenvalue weighted by atomic mass is 19.1. The Kier molecular flexibility index (Phi) is 8.18. The lowest BCUT2D eigenvalue weighted by Crippen LogP contribution is -2.35. The summed E-state index contributed by atoms with van der Waals surface area (Å²) in [7, 11) is 1.60. The van der Waals surface area contributed by atoms with Gasteiger partial charge in [-0.3, -0.25) is 15.1 Å². The third-order valence-electron chi connectivity index (χ3n) is 5.81. The molecule has 1 aliphatic rings. The van der Waals surface area contributed by atoms with E-state index in [9.17, 15) is 14.0 Å². The standard InChI is InChI=1S/C25H27FN6O5/c1-3-35-25(34)32(9-8-17-5-4-10-36-17)21-18-11-16(19(27)14-31-28-2)13-30-24(18)37-23(21)22(33)15-6-7-20(26)29-12-15/h6-7,11-14,17,27-28H,3-5,8-10H2,1-2H3/b27-19?,31-14-. The van der Waals surface area contributed by atoms with E-state index in [0.29, 0.717) is 24.0 Å². The quantitative estimate of drug-likeness (QED) is 0.182. The first-order valence-corrected chi connectivity index (χ1v) is 11.9. The predicted octanol–water partition coefficient (Wildman–Crippen LogP) is 3.70. The molecular weight excluding hydrogens is 483 g/mol. The highest BCUT2D eigenvalue weighted by Crippen LogP contribution is 2.36. The summed E-state index contributed by atoms with van der Waals surface area (Å²) in [6, 6.07) is 3.95. The maximum atomic E-state index is 13.5. The summed E-state index contributed by atoms with van der Waals surface area (Å²) in [5.41, 5.74) is 3.32. The van der Waals surface area contributed by atoms with E-state index in [1.165, 1.54) is 23.4 Å². The molecule has 0 saturated carbocycles. The van der Waals surface area contributed by atoms with Crippen LogP contribution in [0.3, 0.4) is 0 Å². The third-order valence-corrected chi connectivity index (χ3v) is 5.81. The largest absolute Gasteiger partial charge is 0.449 e. The van der Waals surface area contributed by atoms with Crippen molar-refractivity contribution in [1.82, 2.24) is 15.4 Å². The molecule has 0 aromatic carbocycles. The fourth-order valence-electron chi connectivity index (χ4n) is 4.03. The molecule has 1 amide bonds. The van der Waals surface area contributed by atoms with Gasteiger partial charge in [-0.15, -0.1) is 0 Å². The van der Waals surface area contributed by atoms with Gasteiger partial charge in [-0.25, -0.2) is 14.8 Å². The Morgan fingerprint density at radius 2 is 2.14 bits per heavy atom. The fourth-order valence-corrected chi connectivity index (χ4v) is 4.03. The van der Waals surface area contributed by atoms with Crippen LogP contribution in [0.1, 0.15) is 47.9 Å². The SMILES string of the molecule is CCOC(=O)N(CCC1CCCO1)c1c(C(=O)c2ccc(F)nc2)oc2ncc(C(=N)/C=N\NC)cc12. The van der Waals surface area contributed by atoms with Crippen LogP contribution in [-0.2, 0) is 9.47 Å². The van der Waals surface area contributed by atoms with Gasteiger partial charge in [0.05, 0.1) is 30.0 Å². The van der Waals surface area contributed by atoms with E-state index >= 15 is 0 Å². The number of hydrazone groups is 1. The molecule has 4 heterocycles. The van der Waals surface area contributed by atoms with Gasteiger partial charge in [0.1, 0.15) is 5.69 Å². The number of nitrogens with one attached hydrogen (secondary N) is 2. The Morgan fingerprint density at radius 1 is 1.32 bits per heavy atom. The van der Waals surface area contributed by atoms with Gasteiger partial charge in [-0.05, 0) is 44.4 Å². The van der Waals surface area contributed by atoms with Crippen LogP contribution >= 0.6 is 0 Å². The van der Waals surface area contributed by atoms with Gasteiger partial charge in [-0.1, -0.05) is 0 Å². The minimum Gasteiger partial charge on any atom is -0.449 e. The molecule has 1 saturated heterocycles. The van der Waals surface area contributed by atoms with Crippen molar-refractivity contribution in [2.45, 2.75) is 32.3 Å². The molecule has 0 radical (unpaired) electrons. The Balaban J connectivity index is 1.85. The molecule has 12 heteroatoms. The molecule has 3 aromatic heterocycles. The van der Waals surface area contributed by atoms with Gasteiger partial charge in [0, 0.05) is 43.7 Å². The third kappa shape index (κ3) is 5.80. The number of nitrogens with zero attached hydrogens (tertiary/aromatic N) is 4. The second kappa shape index (κ2) is 11.7. The van der Waals surface area contributed by atoms with Gasteiger partial charge >= 0.3 is 6.09 Å². The van der Waals surface area contributed by atoms with E-state index in [2.05, 4.69) is 20.5 Å². The number of hydrogen-bond donors (Lipinski definition) is 2. The summed E-state index contributed by atoms with van der Waals surface area (Å²) in [5.74, 6) is -1.52. The first-order valence-electron chi connectivity index (χ1n) is 11.9. The first-order chi connectivity index (χ1) is 17.9. The Morgan fingerprint density at radius 3 is 2.81 bits per heavy atom. The van der Waals surface area contributed by atoms with Crippen LogP contribution in [0, 0.1) is 11.4 Å². The summed E-state index contributed by atoms with van der Waals surface area (Å²) < 4.78 is 30.3. The summed E-state index contributed by atoms with van der Waals surface area (Å²) in [6.45, 7) is 2.64. The molecule has 1 aliphatic heterocycles. The smallest absolute Gasteiger partial charge is 0.414 e. The number of ketones is 1. The second-order valence-corrected chi connectivity index (χ2v) is 8.22. The molecule has 3 aromatic rings. The number of rotatable bonds is 10. The molecule has 0 aliphatic carbocycles. The number of pyridine rings is 2. The zero-order valence-corrected chi connectivity index (χ0v) is 20.5. The van der Waals surface area contributed by atoms with Gasteiger partial charge < -0.3 is 19.3 Å². The van der Waals surface area contributed by atoms with E-state index in [1.54, 1.807) is 20.0 Å². The lowest BCUT2D eigenvalue weighted by Gasteiger charge is -2.23. The highest BCUT2D eigenvalue weighted by molar-refractivity contribution is 6.37. The van der Waals surface area contributed by atoms with E-state index < -0.39 is 17.8 Å². The second-order valence-electron chi connectivity index (χ2n) is 8.22. The molecule has 1 fully saturated rings. The van der Waals surface area contributed by atoms with Crippen molar-refractivity contribution in [1.29, 1.82) is 5.41 Å². The topological polar surface area (TPSA) is 143 Å². The predicted molar refractivity (Wildman–Crippen MR) is 134 cm³/mol. The van der Waals surface area contributed by atoms with Crippen molar-refractivity contribution < 1.29 is 27.9 Å². The molecule has 0 spiro atoms. The number of ether oxygens (including phenoxy) is 2. The number of carbonyl (C=O) groups excluding carboxylic acids is 2. The average Bonchev–Trinajstić information content (AvgIpc) is 3.55. The van der Waals surface area contributed by atoms with Crippen LogP contribution in [0.5, 0.6) is 0 Å². The summed E-state index contributed by atoms with van der Waals surface area (Å²) in [4.78, 5) is 35.8. The normalized spacial score (nSPS) is 15.3. The monoisotopic (exact) mass is 510 g/mol. The number of aromatic nitrogens is 2. The number of anilines is 1. The van der Waals surface area contributed by atoms with Crippen LogP contribution in [0.4, 0.5) is 14.9 Å². The van der Waals surface area contributed by atoms with Crippen molar-refractivity contribution >= 4 is 40.6 Å². The maximum absolute atomic E-state index is 13.5. The van der Waals surface area contributed by atoms with Crippen molar-refractivity contribution in [3.05, 3.63) is 53.4 Å². The summed E-state index contributed by atoms with van der Waals surface area (Å²) in [5, 5.41) is 12.5. The Hall–Kier alpha value is -4.19. The molecule has 11 nitrogen and oxygen atoms in total. The van der Waals surface area contributed by atoms with Gasteiger partial charge in [-0.2, -0.15) is 9.49 Å². The summed E-state index contributed by atoms with van der Waals surface area (Å²) >= 11 is 0. The lowest BCUT2D eigenvalue weighted by atomic mass is 10.1. The molecule has 0 bridgehead atoms. The molecule has 4 rings (SSSR count). The van der Waals surface area contributed by atoms with Crippen LogP contribution in [-0.4, -0.2) is 66.7 Å². The maximum Gasteiger partial charge on any atom is 0.414 e. The van der Waals surface area contributed by atoms with Crippen molar-refractivity contribution in [2.24, 2.45) is 5.10 Å². The lowest BCUT2D eigenvalue weighted by molar-refractivity contribution is 0.101. The van der Waals surface area contributed by atoms with Gasteiger partial charge in [0.25, 0.3) is 0 Å². The molecule has 2 N–H and O–H groups in total. The van der Waals surface area contributed by atoms with Crippen molar-refractivity contribution in [3.63, 3.8) is 0 Å². The molecule has 194 valence electrons. The molecular formula is C25H27FN6O5. The number of amides is 1. The summed E-state index contributed by atoms with van der Waals surface area (Å²) in [6.07, 6.45) is 5.41. The van der Waals surface area contributed by atoms with Gasteiger partial charge in [0.15, 0.2) is 0 Å². The average molecular weight is 511 g/mol. The Labute approximate surface area is 212 Å². The highest BCUT2D eigenvalue weighted by Gasteiger charge is 2.32. The number of halogens is 1. The minimum atomic E-state index is -0.737. The first kappa shape index (κ1) is 25.9. The van der Waals surface area contributed by atoms with Gasteiger partial charge in [0.2, 0.25) is 23.2 Å². The van der Waals surface area contributed by atoms with E-state index in [1.807, 2.05) is 0 Å². The zero-order valence-electron chi connectivity index (χ0n) is 20.5. The fraction of sp³-hybridized carbons (Fsp3) is 0.360. The van der Waals surface area contributed by atoms with E-state index in [-0.39, 0.29) is 47.7 Å². The van der Waals surface area contributed by atoms with Crippen molar-refractivity contribution in [2.75, 3.05) is 31.7 Å². The van der Waals surface area contributed by atoms with Crippen LogP contribution in [0.2, 0.25) is 0 Å². The number of carbonyl (C=O) groups is 2. The molecule has 1 unspecified atom stereocenters. The number of hydrogen-bond acceptors (Lipinski definition) is 10.